The van der Waals surface area contributed by atoms with Crippen LogP contribution in [0, 0.1) is 0 Å². The molecule has 0 spiro atoms. The van der Waals surface area contributed by atoms with Crippen molar-refractivity contribution in [2.24, 2.45) is 0 Å². The molecule has 1 aromatic carbocycles. The smallest absolute Gasteiger partial charge is 0.335 e. The zero-order valence-electron chi connectivity index (χ0n) is 15.3. The summed E-state index contributed by atoms with van der Waals surface area (Å²) >= 11 is 0. The van der Waals surface area contributed by atoms with Gasteiger partial charge in [-0.3, -0.25) is 4.79 Å². The predicted molar refractivity (Wildman–Crippen MR) is 100 cm³/mol. The highest BCUT2D eigenvalue weighted by atomic mass is 19.1. The molecule has 1 fully saturated rings. The molecule has 0 unspecified atom stereocenters. The van der Waals surface area contributed by atoms with Crippen LogP contribution in [-0.4, -0.2) is 55.4 Å². The molecule has 3 heterocycles. The molecule has 144 valence electrons. The maximum atomic E-state index is 14.0. The van der Waals surface area contributed by atoms with Crippen LogP contribution in [0.5, 0.6) is 0 Å². The van der Waals surface area contributed by atoms with Gasteiger partial charge in [-0.2, -0.15) is 5.10 Å². The molecule has 0 bridgehead atoms. The van der Waals surface area contributed by atoms with E-state index in [0.29, 0.717) is 48.2 Å². The van der Waals surface area contributed by atoms with Crippen molar-refractivity contribution >= 4 is 22.9 Å². The summed E-state index contributed by atoms with van der Waals surface area (Å²) < 4.78 is 15.5. The van der Waals surface area contributed by atoms with E-state index in [2.05, 4.69) is 10.1 Å². The molecule has 7 nitrogen and oxygen atoms in total. The molecule has 8 heteroatoms. The molecule has 3 aromatic rings. The fraction of sp³-hybridized carbons (Fsp3) is 0.300. The number of nitrogens with zero attached hydrogens (tertiary/aromatic N) is 4. The molecule has 4 rings (SSSR count). The zero-order chi connectivity index (χ0) is 19.9. The first-order valence-electron chi connectivity index (χ1n) is 9.00. The molecule has 28 heavy (non-hydrogen) atoms. The topological polar surface area (TPSA) is 88.3 Å². The van der Waals surface area contributed by atoms with Gasteiger partial charge in [0.15, 0.2) is 5.65 Å². The maximum Gasteiger partial charge on any atom is 0.335 e. The molecule has 2 aromatic heterocycles. The van der Waals surface area contributed by atoms with Crippen molar-refractivity contribution in [1.29, 1.82) is 0 Å². The molecule has 1 saturated heterocycles. The molecule has 0 atom stereocenters. The molecule has 0 aliphatic carbocycles. The highest BCUT2D eigenvalue weighted by Gasteiger charge is 2.32. The number of hydrogen-bond donors (Lipinski definition) is 1. The minimum Gasteiger partial charge on any atom is -0.478 e. The molecule has 1 aliphatic heterocycles. The summed E-state index contributed by atoms with van der Waals surface area (Å²) in [6.45, 7) is 2.35. The van der Waals surface area contributed by atoms with Crippen molar-refractivity contribution < 1.29 is 19.1 Å². The lowest BCUT2D eigenvalue weighted by Crippen LogP contribution is -2.43. The van der Waals surface area contributed by atoms with E-state index >= 15 is 0 Å². The van der Waals surface area contributed by atoms with E-state index in [-0.39, 0.29) is 11.5 Å². The first kappa shape index (κ1) is 18.1. The van der Waals surface area contributed by atoms with Crippen LogP contribution in [-0.2, 0) is 0 Å². The van der Waals surface area contributed by atoms with Gasteiger partial charge in [0, 0.05) is 24.7 Å². The fourth-order valence-corrected chi connectivity index (χ4v) is 3.33. The average molecular weight is 382 g/mol. The Morgan fingerprint density at radius 2 is 1.79 bits per heavy atom. The number of aromatic nitrogens is 3. The summed E-state index contributed by atoms with van der Waals surface area (Å²) in [6.07, 6.45) is 3.77. The van der Waals surface area contributed by atoms with Gasteiger partial charge < -0.3 is 10.0 Å². The van der Waals surface area contributed by atoms with Gasteiger partial charge in [-0.05, 0) is 50.1 Å². The third-order valence-electron chi connectivity index (χ3n) is 5.11. The van der Waals surface area contributed by atoms with Gasteiger partial charge in [-0.1, -0.05) is 0 Å². The number of halogens is 1. The van der Waals surface area contributed by atoms with Gasteiger partial charge in [0.05, 0.1) is 23.0 Å². The Kier molecular flexibility index (Phi) is 4.33. The minimum atomic E-state index is -1.21. The second-order valence-electron chi connectivity index (χ2n) is 7.25. The second kappa shape index (κ2) is 6.70. The Balaban J connectivity index is 1.59. The Hall–Kier alpha value is -3.29. The first-order chi connectivity index (χ1) is 13.3. The van der Waals surface area contributed by atoms with Gasteiger partial charge >= 0.3 is 5.97 Å². The number of benzene rings is 1. The van der Waals surface area contributed by atoms with Gasteiger partial charge in [-0.25, -0.2) is 18.9 Å². The lowest BCUT2D eigenvalue weighted by molar-refractivity contribution is 0.0503. The number of hydrogen-bond acceptors (Lipinski definition) is 4. The van der Waals surface area contributed by atoms with Crippen LogP contribution >= 0.6 is 0 Å². The Morgan fingerprint density at radius 1 is 1.11 bits per heavy atom. The third kappa shape index (κ3) is 3.33. The second-order valence-corrected chi connectivity index (χ2v) is 7.25. The summed E-state index contributed by atoms with van der Waals surface area (Å²) in [7, 11) is 0. The summed E-state index contributed by atoms with van der Waals surface area (Å²) in [5.41, 5.74) is 0.651. The Morgan fingerprint density at radius 3 is 2.43 bits per heavy atom. The highest BCUT2D eigenvalue weighted by Crippen LogP contribution is 2.27. The Bertz CT molecular complexity index is 1050. The number of carboxylic acid groups (broad SMARTS) is 1. The van der Waals surface area contributed by atoms with Gasteiger partial charge in [0.25, 0.3) is 5.91 Å². The number of carbonyl (C=O) groups is 2. The van der Waals surface area contributed by atoms with Crippen LogP contribution in [0.1, 0.15) is 40.5 Å². The zero-order valence-corrected chi connectivity index (χ0v) is 15.3. The number of alkyl halides is 1. The summed E-state index contributed by atoms with van der Waals surface area (Å²) in [5.74, 6) is -1.16. The molecule has 0 radical (unpaired) electrons. The van der Waals surface area contributed by atoms with Crippen molar-refractivity contribution in [3.8, 4) is 5.69 Å². The summed E-state index contributed by atoms with van der Waals surface area (Å²) in [5, 5.41) is 14.0. The number of carbonyl (C=O) groups excluding carboxylic acids is 1. The number of amides is 1. The van der Waals surface area contributed by atoms with Gasteiger partial charge in [0.2, 0.25) is 0 Å². The number of fused-ring (bicyclic) bond motifs is 1. The number of carboxylic acids is 1. The van der Waals surface area contributed by atoms with E-state index in [0.717, 1.165) is 0 Å². The van der Waals surface area contributed by atoms with Crippen molar-refractivity contribution in [3.05, 3.63) is 53.9 Å². The maximum absolute atomic E-state index is 14.0. The minimum absolute atomic E-state index is 0.163. The van der Waals surface area contributed by atoms with E-state index in [1.54, 1.807) is 40.9 Å². The number of aromatic carboxylic acids is 1. The van der Waals surface area contributed by atoms with E-state index in [9.17, 15) is 14.0 Å². The highest BCUT2D eigenvalue weighted by molar-refractivity contribution is 5.97. The number of piperidine rings is 1. The average Bonchev–Trinajstić information content (AvgIpc) is 3.10. The van der Waals surface area contributed by atoms with Crippen LogP contribution in [0.25, 0.3) is 16.7 Å². The molecular weight excluding hydrogens is 363 g/mol. The largest absolute Gasteiger partial charge is 0.478 e. The number of pyridine rings is 1. The quantitative estimate of drug-likeness (QED) is 0.752. The number of likely N-dealkylation sites (tertiary alicyclic amines) is 1. The van der Waals surface area contributed by atoms with Crippen molar-refractivity contribution in [2.75, 3.05) is 13.1 Å². The summed E-state index contributed by atoms with van der Waals surface area (Å²) in [4.78, 5) is 29.7. The molecule has 1 amide bonds. The molecule has 1 aliphatic rings. The Labute approximate surface area is 160 Å². The van der Waals surface area contributed by atoms with Crippen LogP contribution in [0.4, 0.5) is 4.39 Å². The lowest BCUT2D eigenvalue weighted by atomic mass is 9.95. The first-order valence-corrected chi connectivity index (χ1v) is 9.00. The van der Waals surface area contributed by atoms with Crippen LogP contribution < -0.4 is 0 Å². The molecule has 1 N–H and O–H groups in total. The van der Waals surface area contributed by atoms with Crippen LogP contribution in [0.3, 0.4) is 0 Å². The van der Waals surface area contributed by atoms with Gasteiger partial charge in [0.1, 0.15) is 5.67 Å². The van der Waals surface area contributed by atoms with E-state index in [4.69, 9.17) is 5.11 Å². The van der Waals surface area contributed by atoms with Crippen molar-refractivity contribution in [1.82, 2.24) is 19.7 Å². The monoisotopic (exact) mass is 382 g/mol. The van der Waals surface area contributed by atoms with E-state index in [1.165, 1.54) is 18.3 Å². The molecule has 0 saturated carbocycles. The standard InChI is InChI=1S/C20H19FN4O3/c1-20(21)6-8-24(9-7-20)18(26)15-10-14-12-23-25(17(14)22-11-15)16-4-2-13(3-5-16)19(27)28/h2-5,10-12H,6-9H2,1H3,(H,27,28). The van der Waals surface area contributed by atoms with E-state index in [1.807, 2.05) is 0 Å². The lowest BCUT2D eigenvalue weighted by Gasteiger charge is -2.34. The fourth-order valence-electron chi connectivity index (χ4n) is 3.33. The van der Waals surface area contributed by atoms with Crippen molar-refractivity contribution in [3.63, 3.8) is 0 Å². The third-order valence-corrected chi connectivity index (χ3v) is 5.11. The van der Waals surface area contributed by atoms with Crippen molar-refractivity contribution in [2.45, 2.75) is 25.4 Å². The summed E-state index contributed by atoms with van der Waals surface area (Å²) in [6, 6.07) is 8.02. The van der Waals surface area contributed by atoms with Crippen LogP contribution in [0.2, 0.25) is 0 Å². The predicted octanol–water partition coefficient (Wildman–Crippen LogP) is 3.08. The number of rotatable bonds is 3. The van der Waals surface area contributed by atoms with E-state index < -0.39 is 11.6 Å². The molecular formula is C20H19FN4O3. The van der Waals surface area contributed by atoms with Crippen LogP contribution in [0.15, 0.2) is 42.7 Å². The van der Waals surface area contributed by atoms with Gasteiger partial charge in [-0.15, -0.1) is 0 Å². The normalized spacial score (nSPS) is 16.3. The SMILES string of the molecule is CC1(F)CCN(C(=O)c2cnc3c(cnn3-c3ccc(C(=O)O)cc3)c2)CC1.